The molecule has 0 saturated carbocycles. The molecule has 1 N–H and O–H groups in total. The third kappa shape index (κ3) is 6.45. The predicted octanol–water partition coefficient (Wildman–Crippen LogP) is 3.58. The number of likely N-dealkylation sites (tertiary alicyclic amines) is 1. The van der Waals surface area contributed by atoms with Crippen molar-refractivity contribution in [1.82, 2.24) is 15.1 Å². The second-order valence-corrected chi connectivity index (χ2v) is 6.71. The zero-order chi connectivity index (χ0) is 16.8. The molecule has 1 atom stereocenters. The lowest BCUT2D eigenvalue weighted by molar-refractivity contribution is 0.0737. The first-order chi connectivity index (χ1) is 11.1. The van der Waals surface area contributed by atoms with Crippen LogP contribution >= 0.6 is 24.8 Å². The number of rotatable bonds is 7. The summed E-state index contributed by atoms with van der Waals surface area (Å²) in [5.74, 6) is 0.172. The number of hydrogen-bond donors (Lipinski definition) is 1. The van der Waals surface area contributed by atoms with Crippen LogP contribution in [0.5, 0.6) is 0 Å². The van der Waals surface area contributed by atoms with E-state index in [0.29, 0.717) is 12.1 Å². The van der Waals surface area contributed by atoms with E-state index in [-0.39, 0.29) is 30.7 Å². The molecule has 1 saturated heterocycles. The summed E-state index contributed by atoms with van der Waals surface area (Å²) in [4.78, 5) is 17.2. The van der Waals surface area contributed by atoms with Crippen molar-refractivity contribution in [3.05, 3.63) is 35.4 Å². The molecule has 0 aliphatic carbocycles. The molecule has 1 unspecified atom stereocenters. The number of carbonyl (C=O) groups excluding carboxylic acids is 1. The first-order valence-electron chi connectivity index (χ1n) is 8.85. The van der Waals surface area contributed by atoms with Gasteiger partial charge >= 0.3 is 0 Å². The van der Waals surface area contributed by atoms with Crippen molar-refractivity contribution in [3.63, 3.8) is 0 Å². The Balaban J connectivity index is 0.00000288. The Morgan fingerprint density at radius 2 is 1.92 bits per heavy atom. The minimum absolute atomic E-state index is 0. The highest BCUT2D eigenvalue weighted by molar-refractivity contribution is 5.94. The largest absolute Gasteiger partial charge is 0.334 e. The Bertz CT molecular complexity index is 508. The standard InChI is InChI=1S/C19H31N3O.2ClH/c1-5-21(15(2)3)14-16-8-10-17(11-9-16)19(23)22-12-6-7-18(22)13-20-4;;/h8-11,15,18,20H,5-7,12-14H2,1-4H3;2*1H. The molecule has 1 fully saturated rings. The van der Waals surface area contributed by atoms with Gasteiger partial charge in [0.05, 0.1) is 0 Å². The van der Waals surface area contributed by atoms with Gasteiger partial charge in [-0.15, -0.1) is 24.8 Å². The molecular weight excluding hydrogens is 357 g/mol. The average Bonchev–Trinajstić information content (AvgIpc) is 3.01. The molecule has 0 radical (unpaired) electrons. The van der Waals surface area contributed by atoms with E-state index < -0.39 is 0 Å². The normalized spacial score (nSPS) is 16.7. The minimum atomic E-state index is 0. The summed E-state index contributed by atoms with van der Waals surface area (Å²) < 4.78 is 0. The number of benzene rings is 1. The second kappa shape index (κ2) is 11.7. The summed E-state index contributed by atoms with van der Waals surface area (Å²) in [6.07, 6.45) is 2.21. The van der Waals surface area contributed by atoms with Crippen molar-refractivity contribution >= 4 is 30.7 Å². The van der Waals surface area contributed by atoms with Gasteiger partial charge in [0.1, 0.15) is 0 Å². The van der Waals surface area contributed by atoms with E-state index in [1.54, 1.807) is 0 Å². The van der Waals surface area contributed by atoms with E-state index in [4.69, 9.17) is 0 Å². The van der Waals surface area contributed by atoms with E-state index in [1.807, 2.05) is 24.1 Å². The summed E-state index contributed by atoms with van der Waals surface area (Å²) in [6.45, 7) is 10.4. The fourth-order valence-corrected chi connectivity index (χ4v) is 3.36. The zero-order valence-corrected chi connectivity index (χ0v) is 17.5. The van der Waals surface area contributed by atoms with Gasteiger partial charge in [-0.2, -0.15) is 0 Å². The molecule has 25 heavy (non-hydrogen) atoms. The van der Waals surface area contributed by atoms with Gasteiger partial charge in [-0.05, 0) is 58.0 Å². The Hall–Kier alpha value is -0.810. The van der Waals surface area contributed by atoms with E-state index >= 15 is 0 Å². The summed E-state index contributed by atoms with van der Waals surface area (Å²) in [7, 11) is 1.95. The van der Waals surface area contributed by atoms with Crippen LogP contribution in [0.3, 0.4) is 0 Å². The predicted molar refractivity (Wildman–Crippen MR) is 110 cm³/mol. The number of halogens is 2. The number of amides is 1. The summed E-state index contributed by atoms with van der Waals surface area (Å²) >= 11 is 0. The van der Waals surface area contributed by atoms with E-state index in [0.717, 1.165) is 44.6 Å². The number of carbonyl (C=O) groups is 1. The Labute approximate surface area is 165 Å². The molecule has 6 heteroatoms. The van der Waals surface area contributed by atoms with Gasteiger partial charge in [-0.3, -0.25) is 9.69 Å². The first-order valence-corrected chi connectivity index (χ1v) is 8.85. The van der Waals surface area contributed by atoms with Crippen LogP contribution in [0.25, 0.3) is 0 Å². The fraction of sp³-hybridized carbons (Fsp3) is 0.632. The van der Waals surface area contributed by atoms with E-state index in [1.165, 1.54) is 5.56 Å². The molecule has 0 spiro atoms. The van der Waals surface area contributed by atoms with Crippen LogP contribution in [0.15, 0.2) is 24.3 Å². The Kier molecular flexibility index (Phi) is 11.4. The van der Waals surface area contributed by atoms with Crippen molar-refractivity contribution in [3.8, 4) is 0 Å². The molecular formula is C19H33Cl2N3O. The van der Waals surface area contributed by atoms with E-state index in [2.05, 4.69) is 43.1 Å². The number of nitrogens with zero attached hydrogens (tertiary/aromatic N) is 2. The van der Waals surface area contributed by atoms with Gasteiger partial charge in [0, 0.05) is 37.3 Å². The monoisotopic (exact) mass is 389 g/mol. The summed E-state index contributed by atoms with van der Waals surface area (Å²) in [5.41, 5.74) is 2.08. The lowest BCUT2D eigenvalue weighted by atomic mass is 10.1. The molecule has 0 aromatic heterocycles. The van der Waals surface area contributed by atoms with Crippen LogP contribution < -0.4 is 5.32 Å². The van der Waals surface area contributed by atoms with Crippen molar-refractivity contribution in [2.45, 2.75) is 52.2 Å². The maximum atomic E-state index is 12.7. The molecule has 0 bridgehead atoms. The van der Waals surface area contributed by atoms with Crippen molar-refractivity contribution < 1.29 is 4.79 Å². The van der Waals surface area contributed by atoms with Gasteiger partial charge in [0.25, 0.3) is 5.91 Å². The second-order valence-electron chi connectivity index (χ2n) is 6.71. The third-order valence-corrected chi connectivity index (χ3v) is 4.80. The van der Waals surface area contributed by atoms with Crippen molar-refractivity contribution in [2.75, 3.05) is 26.7 Å². The smallest absolute Gasteiger partial charge is 0.254 e. The average molecular weight is 390 g/mol. The van der Waals surface area contributed by atoms with Crippen LogP contribution in [-0.4, -0.2) is 54.5 Å². The molecule has 1 aromatic carbocycles. The fourth-order valence-electron chi connectivity index (χ4n) is 3.36. The van der Waals surface area contributed by atoms with Gasteiger partial charge in [-0.1, -0.05) is 19.1 Å². The molecule has 4 nitrogen and oxygen atoms in total. The van der Waals surface area contributed by atoms with Crippen molar-refractivity contribution in [1.29, 1.82) is 0 Å². The van der Waals surface area contributed by atoms with E-state index in [9.17, 15) is 4.79 Å². The molecule has 1 heterocycles. The van der Waals surface area contributed by atoms with Gasteiger partial charge in [-0.25, -0.2) is 0 Å². The lowest BCUT2D eigenvalue weighted by Gasteiger charge is -2.26. The molecule has 1 aromatic rings. The van der Waals surface area contributed by atoms with Crippen LogP contribution in [0.2, 0.25) is 0 Å². The maximum absolute atomic E-state index is 12.7. The SMILES string of the molecule is CCN(Cc1ccc(C(=O)N2CCCC2CNC)cc1)C(C)C.Cl.Cl. The minimum Gasteiger partial charge on any atom is -0.334 e. The van der Waals surface area contributed by atoms with Crippen LogP contribution in [-0.2, 0) is 6.54 Å². The highest BCUT2D eigenvalue weighted by Gasteiger charge is 2.28. The van der Waals surface area contributed by atoms with Gasteiger partial charge in [0.15, 0.2) is 0 Å². The van der Waals surface area contributed by atoms with Crippen LogP contribution in [0.1, 0.15) is 49.5 Å². The Morgan fingerprint density at radius 1 is 1.28 bits per heavy atom. The highest BCUT2D eigenvalue weighted by atomic mass is 35.5. The summed E-state index contributed by atoms with van der Waals surface area (Å²) in [5, 5.41) is 3.19. The van der Waals surface area contributed by atoms with Gasteiger partial charge < -0.3 is 10.2 Å². The molecule has 144 valence electrons. The topological polar surface area (TPSA) is 35.6 Å². The highest BCUT2D eigenvalue weighted by Crippen LogP contribution is 2.20. The lowest BCUT2D eigenvalue weighted by Crippen LogP contribution is -2.40. The van der Waals surface area contributed by atoms with Crippen LogP contribution in [0, 0.1) is 0 Å². The number of likely N-dealkylation sites (N-methyl/N-ethyl adjacent to an activating group) is 1. The number of hydrogen-bond acceptors (Lipinski definition) is 3. The third-order valence-electron chi connectivity index (χ3n) is 4.80. The molecule has 1 aliphatic heterocycles. The molecule has 1 amide bonds. The van der Waals surface area contributed by atoms with Crippen LogP contribution in [0.4, 0.5) is 0 Å². The number of nitrogens with one attached hydrogen (secondary N) is 1. The summed E-state index contributed by atoms with van der Waals surface area (Å²) in [6, 6.07) is 9.04. The quantitative estimate of drug-likeness (QED) is 0.773. The first kappa shape index (κ1) is 24.2. The van der Waals surface area contributed by atoms with Gasteiger partial charge in [0.2, 0.25) is 0 Å². The molecule has 2 rings (SSSR count). The Morgan fingerprint density at radius 3 is 2.44 bits per heavy atom. The zero-order valence-electron chi connectivity index (χ0n) is 15.8. The maximum Gasteiger partial charge on any atom is 0.254 e. The van der Waals surface area contributed by atoms with Crippen molar-refractivity contribution in [2.24, 2.45) is 0 Å². The molecule has 1 aliphatic rings.